The number of nitrogens with one attached hydrogen (secondary N) is 1. The number of Topliss-reactive ketones (excluding diaryl/α,β-unsaturated/α-hetero) is 1. The van der Waals surface area contributed by atoms with E-state index < -0.39 is 17.9 Å². The lowest BCUT2D eigenvalue weighted by atomic mass is 9.84. The second-order valence-corrected chi connectivity index (χ2v) is 7.08. The Bertz CT molecular complexity index is 867. The van der Waals surface area contributed by atoms with Crippen LogP contribution in [0.1, 0.15) is 28.8 Å². The van der Waals surface area contributed by atoms with Gasteiger partial charge >= 0.3 is 5.97 Å². The number of hydrogen-bond donors (Lipinski definition) is 1. The number of ketones is 1. The molecule has 0 saturated heterocycles. The van der Waals surface area contributed by atoms with Crippen LogP contribution in [-0.4, -0.2) is 30.1 Å². The van der Waals surface area contributed by atoms with E-state index in [-0.39, 0.29) is 18.1 Å². The van der Waals surface area contributed by atoms with E-state index in [1.807, 2.05) is 24.3 Å². The maximum Gasteiger partial charge on any atom is 0.355 e. The average molecular weight is 436 g/mol. The summed E-state index contributed by atoms with van der Waals surface area (Å²) < 4.78 is 5.96. The molecule has 0 bridgehead atoms. The zero-order valence-electron chi connectivity index (χ0n) is 13.9. The molecule has 0 saturated carbocycles. The van der Waals surface area contributed by atoms with Crippen molar-refractivity contribution in [3.05, 3.63) is 69.2 Å². The van der Waals surface area contributed by atoms with Crippen LogP contribution in [0.5, 0.6) is 0 Å². The second kappa shape index (κ2) is 8.01. The lowest BCUT2D eigenvalue weighted by molar-refractivity contribution is -0.135. The molecule has 2 aromatic rings. The molecule has 0 spiro atoms. The van der Waals surface area contributed by atoms with Crippen LogP contribution in [0.4, 0.5) is 0 Å². The smallest absolute Gasteiger partial charge is 0.355 e. The lowest BCUT2D eigenvalue weighted by Crippen LogP contribution is -2.37. The summed E-state index contributed by atoms with van der Waals surface area (Å²) in [4.78, 5) is 25.3. The largest absolute Gasteiger partial charge is 0.461 e. The number of halogens is 2. The highest BCUT2D eigenvalue weighted by atomic mass is 79.9. The molecule has 2 unspecified atom stereocenters. The highest BCUT2D eigenvalue weighted by Crippen LogP contribution is 2.30. The van der Waals surface area contributed by atoms with Crippen molar-refractivity contribution in [1.29, 1.82) is 0 Å². The van der Waals surface area contributed by atoms with Crippen LogP contribution in [0.3, 0.4) is 0 Å². The van der Waals surface area contributed by atoms with Gasteiger partial charge in [0.2, 0.25) is 0 Å². The highest BCUT2D eigenvalue weighted by Gasteiger charge is 2.41. The van der Waals surface area contributed by atoms with Gasteiger partial charge in [0, 0.05) is 15.1 Å². The second-order valence-electron chi connectivity index (χ2n) is 5.73. The van der Waals surface area contributed by atoms with E-state index in [2.05, 4.69) is 26.5 Å². The topological polar surface area (TPSA) is 67.8 Å². The van der Waals surface area contributed by atoms with E-state index in [4.69, 9.17) is 16.3 Å². The van der Waals surface area contributed by atoms with Gasteiger partial charge in [-0.3, -0.25) is 10.2 Å². The van der Waals surface area contributed by atoms with Gasteiger partial charge < -0.3 is 4.74 Å². The van der Waals surface area contributed by atoms with Gasteiger partial charge in [-0.2, -0.15) is 5.10 Å². The summed E-state index contributed by atoms with van der Waals surface area (Å²) >= 11 is 9.33. The van der Waals surface area contributed by atoms with Gasteiger partial charge in [-0.05, 0) is 48.9 Å². The van der Waals surface area contributed by atoms with E-state index in [1.165, 1.54) is 0 Å². The monoisotopic (exact) mass is 434 g/mol. The quantitative estimate of drug-likeness (QED) is 0.570. The predicted molar refractivity (Wildman–Crippen MR) is 104 cm³/mol. The number of esters is 1. The first-order valence-electron chi connectivity index (χ1n) is 8.06. The Morgan fingerprint density at radius 3 is 2.62 bits per heavy atom. The van der Waals surface area contributed by atoms with Gasteiger partial charge in [-0.15, -0.1) is 0 Å². The maximum absolute atomic E-state index is 13.0. The molecule has 2 aromatic carbocycles. The molecule has 0 aliphatic carbocycles. The third-order valence-electron chi connectivity index (χ3n) is 4.06. The van der Waals surface area contributed by atoms with Crippen molar-refractivity contribution in [3.8, 4) is 0 Å². The molecule has 2 atom stereocenters. The molecule has 0 fully saturated rings. The SMILES string of the molecule is CCOC(=O)C1=NNC(C(=O)c2ccc(Cl)cc2)C1c1cccc(Br)c1. The van der Waals surface area contributed by atoms with Gasteiger partial charge in [0.15, 0.2) is 11.5 Å². The van der Waals surface area contributed by atoms with Crippen LogP contribution in [0, 0.1) is 0 Å². The van der Waals surface area contributed by atoms with E-state index in [0.717, 1.165) is 10.0 Å². The molecular weight excluding hydrogens is 420 g/mol. The minimum atomic E-state index is -0.704. The molecular formula is C19H16BrClN2O3. The zero-order valence-corrected chi connectivity index (χ0v) is 16.3. The highest BCUT2D eigenvalue weighted by molar-refractivity contribution is 9.10. The molecule has 0 radical (unpaired) electrons. The Hall–Kier alpha value is -2.18. The Kier molecular flexibility index (Phi) is 5.74. The fourth-order valence-corrected chi connectivity index (χ4v) is 3.42. The van der Waals surface area contributed by atoms with Crippen molar-refractivity contribution < 1.29 is 14.3 Å². The fourth-order valence-electron chi connectivity index (χ4n) is 2.87. The van der Waals surface area contributed by atoms with Crippen molar-refractivity contribution in [3.63, 3.8) is 0 Å². The summed E-state index contributed by atoms with van der Waals surface area (Å²) in [5, 5.41) is 4.67. The van der Waals surface area contributed by atoms with Gasteiger partial charge in [-0.1, -0.05) is 39.7 Å². The molecule has 1 aliphatic rings. The zero-order chi connectivity index (χ0) is 18.7. The van der Waals surface area contributed by atoms with Crippen LogP contribution in [0.25, 0.3) is 0 Å². The minimum absolute atomic E-state index is 0.172. The number of hydrogen-bond acceptors (Lipinski definition) is 5. The third kappa shape index (κ3) is 3.81. The average Bonchev–Trinajstić information content (AvgIpc) is 3.07. The van der Waals surface area contributed by atoms with E-state index >= 15 is 0 Å². The van der Waals surface area contributed by atoms with Crippen molar-refractivity contribution >= 4 is 45.0 Å². The van der Waals surface area contributed by atoms with Crippen molar-refractivity contribution in [2.24, 2.45) is 5.10 Å². The molecule has 0 aromatic heterocycles. The molecule has 1 N–H and O–H groups in total. The number of nitrogens with zero attached hydrogens (tertiary/aromatic N) is 1. The van der Waals surface area contributed by atoms with Gasteiger partial charge in [-0.25, -0.2) is 4.79 Å². The summed E-state index contributed by atoms with van der Waals surface area (Å²) in [7, 11) is 0. The third-order valence-corrected chi connectivity index (χ3v) is 4.80. The Balaban J connectivity index is 1.98. The Morgan fingerprint density at radius 1 is 1.23 bits per heavy atom. The van der Waals surface area contributed by atoms with E-state index in [1.54, 1.807) is 31.2 Å². The number of carbonyl (C=O) groups excluding carboxylic acids is 2. The number of hydrazone groups is 1. The Labute approximate surface area is 164 Å². The van der Waals surface area contributed by atoms with Crippen LogP contribution in [0.15, 0.2) is 58.1 Å². The normalized spacial score (nSPS) is 18.8. The molecule has 1 heterocycles. The van der Waals surface area contributed by atoms with E-state index in [0.29, 0.717) is 10.6 Å². The summed E-state index contributed by atoms with van der Waals surface area (Å²) in [6, 6.07) is 13.4. The summed E-state index contributed by atoms with van der Waals surface area (Å²) in [5.74, 6) is -1.25. The molecule has 7 heteroatoms. The van der Waals surface area contributed by atoms with Crippen molar-refractivity contribution in [2.45, 2.75) is 18.9 Å². The summed E-state index contributed by atoms with van der Waals surface area (Å²) in [6.45, 7) is 1.96. The predicted octanol–water partition coefficient (Wildman–Crippen LogP) is 3.96. The van der Waals surface area contributed by atoms with Crippen LogP contribution in [0.2, 0.25) is 5.02 Å². The summed E-state index contributed by atoms with van der Waals surface area (Å²) in [5.41, 5.74) is 4.30. The number of ether oxygens (including phenoxy) is 1. The molecule has 134 valence electrons. The van der Waals surface area contributed by atoms with Gasteiger partial charge in [0.1, 0.15) is 6.04 Å². The van der Waals surface area contributed by atoms with Gasteiger partial charge in [0.05, 0.1) is 12.5 Å². The molecule has 26 heavy (non-hydrogen) atoms. The summed E-state index contributed by atoms with van der Waals surface area (Å²) in [6.07, 6.45) is 0. The van der Waals surface area contributed by atoms with Crippen LogP contribution in [-0.2, 0) is 9.53 Å². The Morgan fingerprint density at radius 2 is 1.96 bits per heavy atom. The first-order chi connectivity index (χ1) is 12.5. The number of benzene rings is 2. The minimum Gasteiger partial charge on any atom is -0.461 e. The molecule has 3 rings (SSSR count). The standard InChI is InChI=1S/C19H16BrClN2O3/c1-2-26-19(25)17-15(12-4-3-5-13(20)10-12)16(22-23-17)18(24)11-6-8-14(21)9-7-11/h3-10,15-16,22H,2H2,1H3. The van der Waals surface area contributed by atoms with Gasteiger partial charge in [0.25, 0.3) is 0 Å². The first kappa shape index (κ1) is 18.6. The number of rotatable bonds is 5. The lowest BCUT2D eigenvalue weighted by Gasteiger charge is -2.20. The van der Waals surface area contributed by atoms with Crippen LogP contribution < -0.4 is 5.43 Å². The molecule has 5 nitrogen and oxygen atoms in total. The number of carbonyl (C=O) groups is 2. The van der Waals surface area contributed by atoms with Crippen molar-refractivity contribution in [2.75, 3.05) is 6.61 Å². The molecule has 1 aliphatic heterocycles. The van der Waals surface area contributed by atoms with E-state index in [9.17, 15) is 9.59 Å². The van der Waals surface area contributed by atoms with Crippen molar-refractivity contribution in [1.82, 2.24) is 5.43 Å². The fraction of sp³-hybridized carbons (Fsp3) is 0.211. The first-order valence-corrected chi connectivity index (χ1v) is 9.24. The molecule has 0 amide bonds. The maximum atomic E-state index is 13.0. The van der Waals surface area contributed by atoms with Crippen LogP contribution >= 0.6 is 27.5 Å².